The summed E-state index contributed by atoms with van der Waals surface area (Å²) in [6, 6.07) is 0. The van der Waals surface area contributed by atoms with Crippen LogP contribution in [0.2, 0.25) is 0 Å². The molecule has 4 heteroatoms. The van der Waals surface area contributed by atoms with Crippen LogP contribution in [0.3, 0.4) is 0 Å². The third-order valence-electron chi connectivity index (χ3n) is 1.95. The van der Waals surface area contributed by atoms with E-state index in [-0.39, 0.29) is 5.84 Å². The molecule has 0 radical (unpaired) electrons. The highest BCUT2D eigenvalue weighted by atomic mass is 15.2. The molecule has 0 atom stereocenters. The van der Waals surface area contributed by atoms with Crippen LogP contribution in [0.25, 0.3) is 0 Å². The highest BCUT2D eigenvalue weighted by Crippen LogP contribution is 2.00. The normalized spacial score (nSPS) is 19.5. The van der Waals surface area contributed by atoms with Gasteiger partial charge in [0.1, 0.15) is 5.84 Å². The van der Waals surface area contributed by atoms with Crippen molar-refractivity contribution in [1.29, 1.82) is 5.41 Å². The van der Waals surface area contributed by atoms with E-state index in [0.717, 1.165) is 31.9 Å². The fourth-order valence-electron chi connectivity index (χ4n) is 1.30. The van der Waals surface area contributed by atoms with Gasteiger partial charge < -0.3 is 11.1 Å². The van der Waals surface area contributed by atoms with Crippen LogP contribution in [-0.2, 0) is 0 Å². The molecule has 4 N–H and O–H groups in total. The molecule has 1 rings (SSSR count). The van der Waals surface area contributed by atoms with Crippen LogP contribution in [0.4, 0.5) is 0 Å². The molecule has 1 heterocycles. The summed E-state index contributed by atoms with van der Waals surface area (Å²) in [4.78, 5) is 2.31. The van der Waals surface area contributed by atoms with Crippen molar-refractivity contribution in [2.45, 2.75) is 20.8 Å². The molecule has 0 aromatic rings. The average molecular weight is 198 g/mol. The van der Waals surface area contributed by atoms with E-state index < -0.39 is 0 Å². The minimum atomic E-state index is 0.121. The number of hydrogen-bond acceptors (Lipinski definition) is 3. The summed E-state index contributed by atoms with van der Waals surface area (Å²) in [6.45, 7) is 10.1. The zero-order valence-electron chi connectivity index (χ0n) is 9.43. The van der Waals surface area contributed by atoms with Gasteiger partial charge in [0.15, 0.2) is 0 Å². The van der Waals surface area contributed by atoms with Gasteiger partial charge in [0.2, 0.25) is 0 Å². The van der Waals surface area contributed by atoms with Crippen molar-refractivity contribution < 1.29 is 0 Å². The summed E-state index contributed by atoms with van der Waals surface area (Å²) in [7, 11) is 0. The van der Waals surface area contributed by atoms with Crippen molar-refractivity contribution in [2.24, 2.45) is 5.73 Å². The van der Waals surface area contributed by atoms with Gasteiger partial charge in [-0.25, -0.2) is 0 Å². The van der Waals surface area contributed by atoms with Crippen LogP contribution < -0.4 is 11.1 Å². The van der Waals surface area contributed by atoms with Crippen molar-refractivity contribution >= 4 is 5.84 Å². The minimum absolute atomic E-state index is 0.121. The third-order valence-corrected chi connectivity index (χ3v) is 1.95. The Balaban J connectivity index is 0.000000791. The maximum absolute atomic E-state index is 7.10. The number of nitrogens with two attached hydrogens (primary N) is 1. The largest absolute Gasteiger partial charge is 0.386 e. The van der Waals surface area contributed by atoms with E-state index >= 15 is 0 Å². The van der Waals surface area contributed by atoms with Crippen molar-refractivity contribution in [3.63, 3.8) is 0 Å². The predicted molar refractivity (Wildman–Crippen MR) is 61.5 cm³/mol. The Bertz CT molecular complexity index is 198. The molecule has 0 bridgehead atoms. The van der Waals surface area contributed by atoms with E-state index in [4.69, 9.17) is 11.1 Å². The Labute approximate surface area is 86.7 Å². The van der Waals surface area contributed by atoms with Gasteiger partial charge in [0.25, 0.3) is 0 Å². The first kappa shape index (κ1) is 13.0. The minimum Gasteiger partial charge on any atom is -0.386 e. The molecule has 1 aliphatic rings. The summed E-state index contributed by atoms with van der Waals surface area (Å²) in [5.74, 6) is 0.121. The van der Waals surface area contributed by atoms with Crippen molar-refractivity contribution in [3.05, 3.63) is 11.8 Å². The van der Waals surface area contributed by atoms with E-state index in [1.807, 2.05) is 13.8 Å². The first-order valence-electron chi connectivity index (χ1n) is 5.23. The van der Waals surface area contributed by atoms with Crippen LogP contribution in [-0.4, -0.2) is 36.9 Å². The van der Waals surface area contributed by atoms with E-state index in [1.54, 1.807) is 6.08 Å². The highest BCUT2D eigenvalue weighted by molar-refractivity contribution is 5.89. The highest BCUT2D eigenvalue weighted by Gasteiger charge is 2.10. The van der Waals surface area contributed by atoms with Gasteiger partial charge in [-0.1, -0.05) is 20.8 Å². The first-order chi connectivity index (χ1) is 6.72. The van der Waals surface area contributed by atoms with Gasteiger partial charge in [-0.15, -0.1) is 0 Å². The fourth-order valence-corrected chi connectivity index (χ4v) is 1.30. The predicted octanol–water partition coefficient (Wildman–Crippen LogP) is 0.758. The van der Waals surface area contributed by atoms with Crippen LogP contribution in [0.15, 0.2) is 11.8 Å². The molecule has 0 saturated carbocycles. The molecular formula is C10H22N4. The third kappa shape index (κ3) is 4.87. The number of likely N-dealkylation sites (N-methyl/N-ethyl adjacent to an activating group) is 1. The molecule has 1 saturated heterocycles. The molecule has 1 fully saturated rings. The second-order valence-electron chi connectivity index (χ2n) is 2.92. The molecule has 0 spiro atoms. The van der Waals surface area contributed by atoms with Crippen molar-refractivity contribution in [2.75, 3.05) is 26.2 Å². The summed E-state index contributed by atoms with van der Waals surface area (Å²) < 4.78 is 0. The lowest BCUT2D eigenvalue weighted by molar-refractivity contribution is 0.280. The lowest BCUT2D eigenvalue weighted by Crippen LogP contribution is -2.42. The number of hydrogen-bond donors (Lipinski definition) is 3. The average Bonchev–Trinajstić information content (AvgIpc) is 2.20. The number of rotatable bonds is 2. The second-order valence-corrected chi connectivity index (χ2v) is 2.92. The molecule has 0 aromatic heterocycles. The first-order valence-corrected chi connectivity index (χ1v) is 5.23. The van der Waals surface area contributed by atoms with Gasteiger partial charge in [-0.05, 0) is 12.6 Å². The molecule has 0 aliphatic carbocycles. The smallest absolute Gasteiger partial charge is 0.117 e. The Hall–Kier alpha value is -1.03. The van der Waals surface area contributed by atoms with Gasteiger partial charge in [-0.3, -0.25) is 10.3 Å². The number of amidine groups is 1. The van der Waals surface area contributed by atoms with Crippen LogP contribution >= 0.6 is 0 Å². The molecule has 4 nitrogen and oxygen atoms in total. The van der Waals surface area contributed by atoms with Crippen LogP contribution in [0.5, 0.6) is 0 Å². The van der Waals surface area contributed by atoms with Crippen LogP contribution in [0.1, 0.15) is 20.8 Å². The number of nitrogens with one attached hydrogen (secondary N) is 2. The Kier molecular flexibility index (Phi) is 6.84. The lowest BCUT2D eigenvalue weighted by Gasteiger charge is -2.28. The maximum atomic E-state index is 7.10. The molecule has 0 amide bonds. The lowest BCUT2D eigenvalue weighted by atomic mass is 10.2. The van der Waals surface area contributed by atoms with Gasteiger partial charge in [0.05, 0.1) is 0 Å². The molecule has 0 unspecified atom stereocenters. The van der Waals surface area contributed by atoms with Gasteiger partial charge >= 0.3 is 0 Å². The Morgan fingerprint density at radius 1 is 1.64 bits per heavy atom. The second kappa shape index (κ2) is 7.38. The van der Waals surface area contributed by atoms with Crippen molar-refractivity contribution in [3.8, 4) is 0 Å². The molecular weight excluding hydrogens is 176 g/mol. The zero-order chi connectivity index (χ0) is 11.0. The standard InChI is InChI=1S/C8H16N4.C2H6/c1-2-12-4-3-11-7(6-12)5-8(9)10;1-2/h5,11H,2-4,6H2,1H3,(H3,9,10);1-2H3/b7-5-;. The molecule has 1 aliphatic heterocycles. The Morgan fingerprint density at radius 3 is 2.79 bits per heavy atom. The molecule has 82 valence electrons. The fraction of sp³-hybridized carbons (Fsp3) is 0.700. The van der Waals surface area contributed by atoms with E-state index in [1.165, 1.54) is 0 Å². The topological polar surface area (TPSA) is 65.1 Å². The summed E-state index contributed by atoms with van der Waals surface area (Å²) in [5, 5.41) is 10.3. The summed E-state index contributed by atoms with van der Waals surface area (Å²) in [5.41, 5.74) is 6.31. The summed E-state index contributed by atoms with van der Waals surface area (Å²) in [6.07, 6.45) is 1.68. The molecule has 0 aromatic carbocycles. The van der Waals surface area contributed by atoms with E-state index in [0.29, 0.717) is 0 Å². The Morgan fingerprint density at radius 2 is 2.29 bits per heavy atom. The SMILES string of the molecule is CC.CCN1CCN/C(=C\C(=N)N)C1. The van der Waals surface area contributed by atoms with Crippen molar-refractivity contribution in [1.82, 2.24) is 10.2 Å². The van der Waals surface area contributed by atoms with E-state index in [9.17, 15) is 0 Å². The molecule has 14 heavy (non-hydrogen) atoms. The summed E-state index contributed by atoms with van der Waals surface area (Å²) >= 11 is 0. The monoisotopic (exact) mass is 198 g/mol. The zero-order valence-corrected chi connectivity index (χ0v) is 9.43. The van der Waals surface area contributed by atoms with E-state index in [2.05, 4.69) is 17.1 Å². The number of nitrogens with zero attached hydrogens (tertiary/aromatic N) is 1. The maximum Gasteiger partial charge on any atom is 0.117 e. The van der Waals surface area contributed by atoms with Crippen LogP contribution in [0, 0.1) is 5.41 Å². The van der Waals surface area contributed by atoms with Gasteiger partial charge in [0, 0.05) is 25.3 Å². The quantitative estimate of drug-likeness (QED) is 0.453. The number of piperazine rings is 1. The van der Waals surface area contributed by atoms with Gasteiger partial charge in [-0.2, -0.15) is 0 Å².